The van der Waals surface area contributed by atoms with E-state index >= 15 is 0 Å². The van der Waals surface area contributed by atoms with Crippen LogP contribution in [-0.2, 0) is 9.53 Å². The summed E-state index contributed by atoms with van der Waals surface area (Å²) in [5.41, 5.74) is 3.08. The van der Waals surface area contributed by atoms with Gasteiger partial charge in [0.15, 0.2) is 0 Å². The van der Waals surface area contributed by atoms with Crippen molar-refractivity contribution >= 4 is 12.0 Å². The molecular weight excluding hydrogens is 268 g/mol. The summed E-state index contributed by atoms with van der Waals surface area (Å²) in [5, 5.41) is 2.85. The normalized spacial score (nSPS) is 18.6. The highest BCUT2D eigenvalue weighted by atomic mass is 16.5. The van der Waals surface area contributed by atoms with Gasteiger partial charge in [0, 0.05) is 12.7 Å². The fourth-order valence-electron chi connectivity index (χ4n) is 2.32. The SMILES string of the molecule is CCOC(=O)C1=C(C)N(C)C(=O)N[C@@H]1c1ccc(C)cc1. The molecule has 0 aromatic heterocycles. The van der Waals surface area contributed by atoms with Crippen LogP contribution in [0.1, 0.15) is 31.0 Å². The molecule has 112 valence electrons. The molecule has 0 saturated carbocycles. The molecule has 0 radical (unpaired) electrons. The molecule has 1 heterocycles. The number of ether oxygens (including phenoxy) is 1. The second-order valence-corrected chi connectivity index (χ2v) is 5.07. The van der Waals surface area contributed by atoms with Crippen molar-refractivity contribution in [1.29, 1.82) is 0 Å². The van der Waals surface area contributed by atoms with Crippen LogP contribution >= 0.6 is 0 Å². The van der Waals surface area contributed by atoms with Gasteiger partial charge >= 0.3 is 12.0 Å². The summed E-state index contributed by atoms with van der Waals surface area (Å²) in [4.78, 5) is 25.7. The number of benzene rings is 1. The van der Waals surface area contributed by atoms with Gasteiger partial charge in [-0.1, -0.05) is 29.8 Å². The molecular formula is C16H20N2O3. The largest absolute Gasteiger partial charge is 0.463 e. The molecule has 1 aliphatic heterocycles. The third-order valence-electron chi connectivity index (χ3n) is 3.66. The van der Waals surface area contributed by atoms with E-state index < -0.39 is 12.0 Å². The number of aryl methyl sites for hydroxylation is 1. The van der Waals surface area contributed by atoms with Gasteiger partial charge in [0.2, 0.25) is 0 Å². The van der Waals surface area contributed by atoms with Crippen LogP contribution in [0.5, 0.6) is 0 Å². The van der Waals surface area contributed by atoms with E-state index in [0.29, 0.717) is 17.9 Å². The van der Waals surface area contributed by atoms with E-state index in [1.165, 1.54) is 4.90 Å². The first-order chi connectivity index (χ1) is 9.95. The van der Waals surface area contributed by atoms with Crippen LogP contribution in [0, 0.1) is 6.92 Å². The first-order valence-corrected chi connectivity index (χ1v) is 6.94. The van der Waals surface area contributed by atoms with Gasteiger partial charge in [0.1, 0.15) is 0 Å². The Labute approximate surface area is 124 Å². The predicted octanol–water partition coefficient (Wildman–Crippen LogP) is 2.53. The van der Waals surface area contributed by atoms with E-state index in [4.69, 9.17) is 4.74 Å². The van der Waals surface area contributed by atoms with Crippen LogP contribution in [0.3, 0.4) is 0 Å². The van der Waals surface area contributed by atoms with Crippen molar-refractivity contribution < 1.29 is 14.3 Å². The molecule has 1 atom stereocenters. The Kier molecular flexibility index (Phi) is 4.31. The van der Waals surface area contributed by atoms with Crippen molar-refractivity contribution in [2.45, 2.75) is 26.8 Å². The lowest BCUT2D eigenvalue weighted by molar-refractivity contribution is -0.139. The summed E-state index contributed by atoms with van der Waals surface area (Å²) in [6.07, 6.45) is 0. The third-order valence-corrected chi connectivity index (χ3v) is 3.66. The van der Waals surface area contributed by atoms with E-state index in [-0.39, 0.29) is 6.03 Å². The maximum absolute atomic E-state index is 12.3. The zero-order chi connectivity index (χ0) is 15.6. The molecule has 0 aliphatic carbocycles. The number of hydrogen-bond acceptors (Lipinski definition) is 3. The van der Waals surface area contributed by atoms with Crippen LogP contribution in [-0.4, -0.2) is 30.6 Å². The number of allylic oxidation sites excluding steroid dienone is 1. The molecule has 0 bridgehead atoms. The van der Waals surface area contributed by atoms with E-state index in [0.717, 1.165) is 11.1 Å². The monoisotopic (exact) mass is 288 g/mol. The highest BCUT2D eigenvalue weighted by Gasteiger charge is 2.34. The summed E-state index contributed by atoms with van der Waals surface area (Å²) < 4.78 is 5.14. The minimum atomic E-state index is -0.478. The van der Waals surface area contributed by atoms with Gasteiger partial charge in [-0.2, -0.15) is 0 Å². The van der Waals surface area contributed by atoms with Gasteiger partial charge in [-0.3, -0.25) is 0 Å². The lowest BCUT2D eigenvalue weighted by Gasteiger charge is -2.33. The first kappa shape index (κ1) is 15.1. The van der Waals surface area contributed by atoms with Crippen LogP contribution in [0.25, 0.3) is 0 Å². The summed E-state index contributed by atoms with van der Waals surface area (Å²) in [7, 11) is 1.63. The summed E-state index contributed by atoms with van der Waals surface area (Å²) in [6.45, 7) is 5.81. The van der Waals surface area contributed by atoms with E-state index in [1.54, 1.807) is 20.9 Å². The fourth-order valence-corrected chi connectivity index (χ4v) is 2.32. The molecule has 0 saturated heterocycles. The average Bonchev–Trinajstić information content (AvgIpc) is 2.45. The molecule has 1 aromatic carbocycles. The minimum Gasteiger partial charge on any atom is -0.463 e. The smallest absolute Gasteiger partial charge is 0.338 e. The number of carbonyl (C=O) groups is 2. The lowest BCUT2D eigenvalue weighted by Crippen LogP contribution is -2.46. The molecule has 2 amide bonds. The van der Waals surface area contributed by atoms with Crippen molar-refractivity contribution in [2.75, 3.05) is 13.7 Å². The maximum atomic E-state index is 12.3. The van der Waals surface area contributed by atoms with Crippen LogP contribution in [0.2, 0.25) is 0 Å². The summed E-state index contributed by atoms with van der Waals surface area (Å²) >= 11 is 0. The number of amides is 2. The zero-order valence-electron chi connectivity index (χ0n) is 12.8. The topological polar surface area (TPSA) is 58.6 Å². The Morgan fingerprint density at radius 3 is 2.48 bits per heavy atom. The summed E-state index contributed by atoms with van der Waals surface area (Å²) in [5.74, 6) is -0.396. The van der Waals surface area contributed by atoms with Crippen molar-refractivity contribution in [2.24, 2.45) is 0 Å². The summed E-state index contributed by atoms with van der Waals surface area (Å²) in [6, 6.07) is 7.03. The molecule has 0 spiro atoms. The zero-order valence-corrected chi connectivity index (χ0v) is 12.8. The van der Waals surface area contributed by atoms with Crippen molar-refractivity contribution in [1.82, 2.24) is 10.2 Å². The van der Waals surface area contributed by atoms with Gasteiger partial charge in [-0.15, -0.1) is 0 Å². The Bertz CT molecular complexity index is 590. The molecule has 21 heavy (non-hydrogen) atoms. The highest BCUT2D eigenvalue weighted by molar-refractivity contribution is 5.94. The number of rotatable bonds is 3. The van der Waals surface area contributed by atoms with E-state index in [1.807, 2.05) is 31.2 Å². The van der Waals surface area contributed by atoms with Crippen molar-refractivity contribution in [3.8, 4) is 0 Å². The Balaban J connectivity index is 2.48. The van der Waals surface area contributed by atoms with Gasteiger partial charge in [-0.05, 0) is 26.3 Å². The molecule has 1 aromatic rings. The molecule has 0 unspecified atom stereocenters. The lowest BCUT2D eigenvalue weighted by atomic mass is 9.94. The number of carbonyl (C=O) groups excluding carboxylic acids is 2. The van der Waals surface area contributed by atoms with Crippen molar-refractivity contribution in [3.63, 3.8) is 0 Å². The Hall–Kier alpha value is -2.30. The number of esters is 1. The quantitative estimate of drug-likeness (QED) is 0.869. The minimum absolute atomic E-state index is 0.230. The maximum Gasteiger partial charge on any atom is 0.338 e. The molecule has 0 fully saturated rings. The third kappa shape index (κ3) is 2.91. The highest BCUT2D eigenvalue weighted by Crippen LogP contribution is 2.30. The number of nitrogens with one attached hydrogen (secondary N) is 1. The standard InChI is InChI=1S/C16H20N2O3/c1-5-21-15(19)13-11(3)18(4)16(20)17-14(13)12-8-6-10(2)7-9-12/h6-9,14H,5H2,1-4H3,(H,17,20)/t14-/m1/s1. The number of hydrogen-bond donors (Lipinski definition) is 1. The van der Waals surface area contributed by atoms with E-state index in [2.05, 4.69) is 5.32 Å². The molecule has 5 nitrogen and oxygen atoms in total. The number of urea groups is 1. The predicted molar refractivity (Wildman–Crippen MR) is 79.5 cm³/mol. The van der Waals surface area contributed by atoms with Gasteiger partial charge in [0.05, 0.1) is 18.2 Å². The number of nitrogens with zero attached hydrogens (tertiary/aromatic N) is 1. The van der Waals surface area contributed by atoms with Crippen molar-refractivity contribution in [3.05, 3.63) is 46.7 Å². The van der Waals surface area contributed by atoms with Gasteiger partial charge in [0.25, 0.3) is 0 Å². The van der Waals surface area contributed by atoms with Crippen LogP contribution in [0.15, 0.2) is 35.5 Å². The molecule has 5 heteroatoms. The van der Waals surface area contributed by atoms with Gasteiger partial charge in [-0.25, -0.2) is 9.59 Å². The molecule has 1 N–H and O–H groups in total. The van der Waals surface area contributed by atoms with Gasteiger partial charge < -0.3 is 15.0 Å². The first-order valence-electron chi connectivity index (χ1n) is 6.94. The second kappa shape index (κ2) is 5.99. The second-order valence-electron chi connectivity index (χ2n) is 5.07. The molecule has 2 rings (SSSR count). The average molecular weight is 288 g/mol. The van der Waals surface area contributed by atoms with Crippen LogP contribution in [0.4, 0.5) is 4.79 Å². The molecule has 1 aliphatic rings. The fraction of sp³-hybridized carbons (Fsp3) is 0.375. The Morgan fingerprint density at radius 2 is 1.90 bits per heavy atom. The van der Waals surface area contributed by atoms with Crippen LogP contribution < -0.4 is 5.32 Å². The Morgan fingerprint density at radius 1 is 1.29 bits per heavy atom. The van der Waals surface area contributed by atoms with E-state index in [9.17, 15) is 9.59 Å².